The second-order valence-corrected chi connectivity index (χ2v) is 3.49. The van der Waals surface area contributed by atoms with E-state index in [-0.39, 0.29) is 12.8 Å². The SMILES string of the molecule is C1C[C@H]2OCC[C@H]2O1.CC.CO.O=CCCC(=O)O. The number of rotatable bonds is 3. The molecule has 19 heavy (non-hydrogen) atoms. The van der Waals surface area contributed by atoms with Crippen LogP contribution >= 0.6 is 0 Å². The molecule has 2 rings (SSSR count). The maximum Gasteiger partial charge on any atom is 0.303 e. The Balaban J connectivity index is 0. The lowest BCUT2D eigenvalue weighted by Gasteiger charge is -2.03. The van der Waals surface area contributed by atoms with Crippen LogP contribution < -0.4 is 0 Å². The number of carboxylic acids is 1. The molecule has 2 heterocycles. The molecule has 0 aromatic carbocycles. The van der Waals surface area contributed by atoms with Crippen molar-refractivity contribution in [2.45, 2.75) is 51.7 Å². The molecule has 0 radical (unpaired) electrons. The molecule has 0 aromatic rings. The zero-order chi connectivity index (χ0) is 15.1. The molecule has 0 unspecified atom stereocenters. The van der Waals surface area contributed by atoms with E-state index in [2.05, 4.69) is 0 Å². The molecule has 2 atom stereocenters. The Labute approximate surface area is 114 Å². The van der Waals surface area contributed by atoms with Crippen LogP contribution in [0.25, 0.3) is 0 Å². The van der Waals surface area contributed by atoms with Crippen LogP contribution in [0.2, 0.25) is 0 Å². The molecule has 0 spiro atoms. The standard InChI is InChI=1S/C6H10O2.C4H6O3.C2H6.CH4O/c1-3-7-6-2-4-8-5(1)6;5-3-1-2-4(6)7;2*1-2/h5-6H,1-4H2;3H,1-2H2,(H,6,7);1-2H3;2H,1H3/t5-,6-;;;/m1.../s1. The number of aliphatic hydroxyl groups is 1. The number of fused-ring (bicyclic) bond motifs is 1. The summed E-state index contributed by atoms with van der Waals surface area (Å²) in [6, 6.07) is 0. The maximum atomic E-state index is 9.60. The molecule has 0 bridgehead atoms. The highest BCUT2D eigenvalue weighted by molar-refractivity contribution is 5.70. The van der Waals surface area contributed by atoms with Crippen molar-refractivity contribution in [3.63, 3.8) is 0 Å². The number of aliphatic carboxylic acids is 1. The van der Waals surface area contributed by atoms with Crippen LogP contribution in [0.3, 0.4) is 0 Å². The number of carbonyl (C=O) groups excluding carboxylic acids is 1. The van der Waals surface area contributed by atoms with Crippen LogP contribution in [0.15, 0.2) is 0 Å². The molecular weight excluding hydrogens is 252 g/mol. The number of hydrogen-bond donors (Lipinski definition) is 2. The van der Waals surface area contributed by atoms with Gasteiger partial charge in [-0.3, -0.25) is 4.79 Å². The van der Waals surface area contributed by atoms with Crippen LogP contribution in [0.5, 0.6) is 0 Å². The maximum absolute atomic E-state index is 9.60. The Morgan fingerprint density at radius 3 is 1.84 bits per heavy atom. The second kappa shape index (κ2) is 15.1. The van der Waals surface area contributed by atoms with Gasteiger partial charge in [-0.05, 0) is 12.8 Å². The topological polar surface area (TPSA) is 93.1 Å². The normalized spacial score (nSPS) is 22.5. The first-order valence-electron chi connectivity index (χ1n) is 6.57. The highest BCUT2D eigenvalue weighted by atomic mass is 16.6. The number of carbonyl (C=O) groups is 2. The van der Waals surface area contributed by atoms with E-state index in [1.807, 2.05) is 13.8 Å². The average Bonchev–Trinajstić information content (AvgIpc) is 3.05. The van der Waals surface area contributed by atoms with Gasteiger partial charge in [0.15, 0.2) is 0 Å². The lowest BCUT2D eigenvalue weighted by atomic mass is 10.2. The predicted molar refractivity (Wildman–Crippen MR) is 71.1 cm³/mol. The minimum atomic E-state index is -0.924. The Bertz CT molecular complexity index is 199. The van der Waals surface area contributed by atoms with Gasteiger partial charge < -0.3 is 24.5 Å². The molecule has 2 saturated heterocycles. The van der Waals surface area contributed by atoms with E-state index >= 15 is 0 Å². The van der Waals surface area contributed by atoms with Gasteiger partial charge in [-0.25, -0.2) is 0 Å². The Morgan fingerprint density at radius 1 is 1.16 bits per heavy atom. The lowest BCUT2D eigenvalue weighted by Crippen LogP contribution is -2.13. The summed E-state index contributed by atoms with van der Waals surface area (Å²) in [5, 5.41) is 14.9. The minimum Gasteiger partial charge on any atom is -0.481 e. The molecule has 2 N–H and O–H groups in total. The first kappa shape index (κ1) is 20.3. The molecular formula is C13H26O6. The quantitative estimate of drug-likeness (QED) is 0.755. The van der Waals surface area contributed by atoms with Gasteiger partial charge in [0.05, 0.1) is 18.6 Å². The van der Waals surface area contributed by atoms with Crippen molar-refractivity contribution in [1.82, 2.24) is 0 Å². The summed E-state index contributed by atoms with van der Waals surface area (Å²) in [4.78, 5) is 19.0. The number of aliphatic hydroxyl groups excluding tert-OH is 1. The van der Waals surface area contributed by atoms with E-state index in [9.17, 15) is 9.59 Å². The molecule has 2 aliphatic heterocycles. The van der Waals surface area contributed by atoms with Crippen molar-refractivity contribution in [1.29, 1.82) is 0 Å². The van der Waals surface area contributed by atoms with Crippen LogP contribution in [0.4, 0.5) is 0 Å². The summed E-state index contributed by atoms with van der Waals surface area (Å²) in [5.74, 6) is -0.924. The zero-order valence-corrected chi connectivity index (χ0v) is 12.0. The number of ether oxygens (including phenoxy) is 2. The van der Waals surface area contributed by atoms with E-state index in [4.69, 9.17) is 19.7 Å². The van der Waals surface area contributed by atoms with E-state index in [0.29, 0.717) is 18.5 Å². The summed E-state index contributed by atoms with van der Waals surface area (Å²) >= 11 is 0. The molecule has 2 aliphatic rings. The van der Waals surface area contributed by atoms with Crippen molar-refractivity contribution in [2.24, 2.45) is 0 Å². The monoisotopic (exact) mass is 278 g/mol. The van der Waals surface area contributed by atoms with Gasteiger partial charge in [0.2, 0.25) is 0 Å². The fourth-order valence-corrected chi connectivity index (χ4v) is 1.61. The molecule has 6 nitrogen and oxygen atoms in total. The van der Waals surface area contributed by atoms with E-state index in [1.165, 1.54) is 0 Å². The fourth-order valence-electron chi connectivity index (χ4n) is 1.61. The highest BCUT2D eigenvalue weighted by Crippen LogP contribution is 2.25. The van der Waals surface area contributed by atoms with Crippen LogP contribution in [0, 0.1) is 0 Å². The molecule has 0 aromatic heterocycles. The second-order valence-electron chi connectivity index (χ2n) is 3.49. The Hall–Kier alpha value is -0.980. The third-order valence-electron chi connectivity index (χ3n) is 2.36. The third-order valence-corrected chi connectivity index (χ3v) is 2.36. The fraction of sp³-hybridized carbons (Fsp3) is 0.846. The first-order chi connectivity index (χ1) is 9.24. The van der Waals surface area contributed by atoms with Gasteiger partial charge in [0.25, 0.3) is 0 Å². The van der Waals surface area contributed by atoms with Crippen molar-refractivity contribution in [3.8, 4) is 0 Å². The first-order valence-corrected chi connectivity index (χ1v) is 6.57. The van der Waals surface area contributed by atoms with E-state index in [0.717, 1.165) is 33.2 Å². The summed E-state index contributed by atoms with van der Waals surface area (Å²) < 4.78 is 10.7. The van der Waals surface area contributed by atoms with Crippen molar-refractivity contribution in [3.05, 3.63) is 0 Å². The summed E-state index contributed by atoms with van der Waals surface area (Å²) in [7, 11) is 1.00. The average molecular weight is 278 g/mol. The summed E-state index contributed by atoms with van der Waals surface area (Å²) in [6.45, 7) is 5.82. The van der Waals surface area contributed by atoms with Crippen LogP contribution in [-0.4, -0.2) is 55.0 Å². The molecule has 0 saturated carbocycles. The molecule has 6 heteroatoms. The summed E-state index contributed by atoms with van der Waals surface area (Å²) in [5.41, 5.74) is 0. The van der Waals surface area contributed by atoms with Crippen molar-refractivity contribution in [2.75, 3.05) is 20.3 Å². The lowest BCUT2D eigenvalue weighted by molar-refractivity contribution is -0.137. The zero-order valence-electron chi connectivity index (χ0n) is 12.0. The molecule has 0 aliphatic carbocycles. The largest absolute Gasteiger partial charge is 0.481 e. The third kappa shape index (κ3) is 10.6. The number of aldehydes is 1. The van der Waals surface area contributed by atoms with Gasteiger partial charge in [0.1, 0.15) is 6.29 Å². The van der Waals surface area contributed by atoms with Crippen molar-refractivity contribution < 1.29 is 29.3 Å². The van der Waals surface area contributed by atoms with E-state index < -0.39 is 5.97 Å². The number of hydrogen-bond acceptors (Lipinski definition) is 5. The van der Waals surface area contributed by atoms with E-state index in [1.54, 1.807) is 0 Å². The van der Waals surface area contributed by atoms with Crippen LogP contribution in [0.1, 0.15) is 39.5 Å². The molecule has 114 valence electrons. The Morgan fingerprint density at radius 2 is 1.58 bits per heavy atom. The Kier molecular flexibility index (Phi) is 16.1. The molecule has 2 fully saturated rings. The smallest absolute Gasteiger partial charge is 0.303 e. The molecule has 0 amide bonds. The summed E-state index contributed by atoms with van der Waals surface area (Å²) in [6.07, 6.45) is 3.80. The van der Waals surface area contributed by atoms with Gasteiger partial charge in [0, 0.05) is 26.7 Å². The van der Waals surface area contributed by atoms with Crippen molar-refractivity contribution >= 4 is 12.3 Å². The van der Waals surface area contributed by atoms with Gasteiger partial charge in [-0.1, -0.05) is 13.8 Å². The van der Waals surface area contributed by atoms with Gasteiger partial charge in [-0.2, -0.15) is 0 Å². The van der Waals surface area contributed by atoms with Gasteiger partial charge >= 0.3 is 5.97 Å². The minimum absolute atomic E-state index is 0.0521. The number of carboxylic acid groups (broad SMARTS) is 1. The van der Waals surface area contributed by atoms with Gasteiger partial charge in [-0.15, -0.1) is 0 Å². The van der Waals surface area contributed by atoms with Crippen LogP contribution in [-0.2, 0) is 19.1 Å². The highest BCUT2D eigenvalue weighted by Gasteiger charge is 2.33. The predicted octanol–water partition coefficient (Wildman–Crippen LogP) is 1.25.